The van der Waals surface area contributed by atoms with E-state index in [0.29, 0.717) is 5.56 Å². The van der Waals surface area contributed by atoms with Gasteiger partial charge in [0.1, 0.15) is 17.3 Å². The van der Waals surface area contributed by atoms with Gasteiger partial charge < -0.3 is 4.74 Å². The van der Waals surface area contributed by atoms with Crippen LogP contribution in [0, 0.1) is 16.6 Å². The van der Waals surface area contributed by atoms with Crippen LogP contribution in [-0.4, -0.2) is 17.5 Å². The van der Waals surface area contributed by atoms with Crippen LogP contribution in [0.3, 0.4) is 0 Å². The summed E-state index contributed by atoms with van der Waals surface area (Å²) in [5.41, 5.74) is -1.65. The van der Waals surface area contributed by atoms with Gasteiger partial charge in [-0.2, -0.15) is 0 Å². The quantitative estimate of drug-likeness (QED) is 0.374. The maximum atomic E-state index is 13.3. The van der Waals surface area contributed by atoms with Gasteiger partial charge in [0.15, 0.2) is 11.6 Å². The first-order valence-electron chi connectivity index (χ1n) is 8.86. The van der Waals surface area contributed by atoms with E-state index in [9.17, 15) is 18.8 Å². The Hall–Kier alpha value is -2.34. The first kappa shape index (κ1) is 20.4. The third kappa shape index (κ3) is 3.53. The third-order valence-corrected chi connectivity index (χ3v) is 5.80. The number of ether oxygens (including phenoxy) is 1. The molecule has 0 spiro atoms. The van der Waals surface area contributed by atoms with E-state index in [4.69, 9.17) is 4.74 Å². The number of benzene rings is 2. The van der Waals surface area contributed by atoms with Crippen LogP contribution < -0.4 is 0 Å². The maximum Gasteiger partial charge on any atom is 0.320 e. The lowest BCUT2D eigenvalue weighted by molar-refractivity contribution is -0.187. The highest BCUT2D eigenvalue weighted by molar-refractivity contribution is 9.10. The van der Waals surface area contributed by atoms with Crippen LogP contribution >= 0.6 is 15.9 Å². The first-order chi connectivity index (χ1) is 13.1. The molecule has 1 fully saturated rings. The molecule has 0 bridgehead atoms. The molecule has 0 N–H and O–H groups in total. The van der Waals surface area contributed by atoms with Crippen molar-refractivity contribution in [1.82, 2.24) is 0 Å². The van der Waals surface area contributed by atoms with E-state index in [0.717, 1.165) is 4.47 Å². The average Bonchev–Trinajstić information content (AvgIpc) is 2.65. The normalized spacial score (nSPS) is 24.0. The first-order valence-corrected chi connectivity index (χ1v) is 9.65. The second kappa shape index (κ2) is 7.24. The number of halogens is 2. The molecule has 2 aromatic rings. The number of ketones is 2. The predicted octanol–water partition coefficient (Wildman–Crippen LogP) is 5.06. The van der Waals surface area contributed by atoms with Gasteiger partial charge in [0.2, 0.25) is 0 Å². The van der Waals surface area contributed by atoms with Crippen molar-refractivity contribution in [3.05, 3.63) is 69.9 Å². The third-order valence-electron chi connectivity index (χ3n) is 5.27. The number of hydrogen-bond donors (Lipinski definition) is 0. The number of Topliss-reactive ketones (excluding diaryl/α,β-unsaturated/α-hetero) is 2. The molecule has 3 rings (SSSR count). The van der Waals surface area contributed by atoms with Crippen molar-refractivity contribution in [3.63, 3.8) is 0 Å². The molecule has 2 aromatic carbocycles. The molecule has 1 aliphatic heterocycles. The lowest BCUT2D eigenvalue weighted by atomic mass is 9.64. The van der Waals surface area contributed by atoms with Crippen molar-refractivity contribution in [1.29, 1.82) is 0 Å². The summed E-state index contributed by atoms with van der Waals surface area (Å²) in [6.45, 7) is 4.88. The van der Waals surface area contributed by atoms with Gasteiger partial charge in [-0.15, -0.1) is 0 Å². The van der Waals surface area contributed by atoms with E-state index in [-0.39, 0.29) is 17.8 Å². The lowest BCUT2D eigenvalue weighted by Gasteiger charge is -2.44. The van der Waals surface area contributed by atoms with Crippen LogP contribution in [0.5, 0.6) is 0 Å². The molecule has 1 saturated heterocycles. The molecule has 28 heavy (non-hydrogen) atoms. The van der Waals surface area contributed by atoms with Gasteiger partial charge in [-0.3, -0.25) is 14.4 Å². The molecule has 4 nitrogen and oxygen atoms in total. The number of rotatable bonds is 4. The van der Waals surface area contributed by atoms with Crippen LogP contribution in [0.4, 0.5) is 4.39 Å². The van der Waals surface area contributed by atoms with Crippen LogP contribution in [0.1, 0.15) is 49.2 Å². The SMILES string of the molecule is CC1(C)C(=O)[C@](C)(CC(=O)c2ccc(F)cc2)C(=O)O[C@H]1c1ccc(Br)cc1. The van der Waals surface area contributed by atoms with E-state index in [1.54, 1.807) is 26.0 Å². The van der Waals surface area contributed by atoms with E-state index < -0.39 is 34.5 Å². The number of carbonyl (C=O) groups excluding carboxylic acids is 3. The molecular weight excluding hydrogens is 427 g/mol. The zero-order valence-corrected chi connectivity index (χ0v) is 17.4. The molecule has 1 heterocycles. The summed E-state index contributed by atoms with van der Waals surface area (Å²) in [5.74, 6) is -1.94. The zero-order valence-electron chi connectivity index (χ0n) is 15.8. The summed E-state index contributed by atoms with van der Waals surface area (Å²) in [6, 6.07) is 12.2. The highest BCUT2D eigenvalue weighted by atomic mass is 79.9. The van der Waals surface area contributed by atoms with Crippen LogP contribution in [0.15, 0.2) is 53.0 Å². The molecular formula is C22H20BrFO4. The van der Waals surface area contributed by atoms with Gasteiger partial charge in [0, 0.05) is 16.5 Å². The fourth-order valence-electron chi connectivity index (χ4n) is 3.64. The number of hydrogen-bond acceptors (Lipinski definition) is 4. The minimum atomic E-state index is -1.60. The molecule has 0 unspecified atom stereocenters. The van der Waals surface area contributed by atoms with E-state index >= 15 is 0 Å². The van der Waals surface area contributed by atoms with Crippen LogP contribution in [0.25, 0.3) is 0 Å². The number of carbonyl (C=O) groups is 3. The second-order valence-electron chi connectivity index (χ2n) is 7.83. The molecule has 0 aliphatic carbocycles. The molecule has 0 amide bonds. The fraction of sp³-hybridized carbons (Fsp3) is 0.318. The largest absolute Gasteiger partial charge is 0.456 e. The maximum absolute atomic E-state index is 13.3. The molecule has 0 aromatic heterocycles. The standard InChI is InChI=1S/C22H20BrFO4/c1-21(2)18(14-4-8-15(23)9-5-14)28-20(27)22(3,19(21)26)12-17(25)13-6-10-16(24)11-7-13/h4-11,18H,12H2,1-3H3/t18-,22-/m0/s1. The average molecular weight is 447 g/mol. The van der Waals surface area contributed by atoms with Crippen molar-refractivity contribution in [3.8, 4) is 0 Å². The fourth-order valence-corrected chi connectivity index (χ4v) is 3.91. The van der Waals surface area contributed by atoms with Gasteiger partial charge in [0.05, 0.1) is 5.41 Å². The topological polar surface area (TPSA) is 60.4 Å². The van der Waals surface area contributed by atoms with Crippen molar-refractivity contribution in [2.24, 2.45) is 10.8 Å². The number of esters is 1. The number of cyclic esters (lactones) is 1. The summed E-state index contributed by atoms with van der Waals surface area (Å²) in [5, 5.41) is 0. The Morgan fingerprint density at radius 3 is 2.18 bits per heavy atom. The highest BCUT2D eigenvalue weighted by Crippen LogP contribution is 2.49. The van der Waals surface area contributed by atoms with Gasteiger partial charge in [0.25, 0.3) is 0 Å². The molecule has 1 aliphatic rings. The Balaban J connectivity index is 1.90. The predicted molar refractivity (Wildman–Crippen MR) is 105 cm³/mol. The minimum Gasteiger partial charge on any atom is -0.456 e. The van der Waals surface area contributed by atoms with Gasteiger partial charge in [-0.1, -0.05) is 28.1 Å². The monoisotopic (exact) mass is 446 g/mol. The second-order valence-corrected chi connectivity index (χ2v) is 8.74. The Bertz CT molecular complexity index is 934. The van der Waals surface area contributed by atoms with E-state index in [1.807, 2.05) is 12.1 Å². The summed E-state index contributed by atoms with van der Waals surface area (Å²) in [4.78, 5) is 38.8. The Labute approximate surface area is 171 Å². The smallest absolute Gasteiger partial charge is 0.320 e. The molecule has 146 valence electrons. The van der Waals surface area contributed by atoms with Crippen molar-refractivity contribution < 1.29 is 23.5 Å². The molecule has 6 heteroatoms. The molecule has 0 saturated carbocycles. The summed E-state index contributed by atoms with van der Waals surface area (Å²) in [7, 11) is 0. The summed E-state index contributed by atoms with van der Waals surface area (Å²) >= 11 is 3.36. The van der Waals surface area contributed by atoms with Crippen molar-refractivity contribution >= 4 is 33.5 Å². The van der Waals surface area contributed by atoms with E-state index in [1.165, 1.54) is 31.2 Å². The Kier molecular flexibility index (Phi) is 5.28. The van der Waals surface area contributed by atoms with E-state index in [2.05, 4.69) is 15.9 Å². The molecule has 2 atom stereocenters. The molecule has 0 radical (unpaired) electrons. The van der Waals surface area contributed by atoms with Gasteiger partial charge >= 0.3 is 5.97 Å². The lowest BCUT2D eigenvalue weighted by Crippen LogP contribution is -2.54. The summed E-state index contributed by atoms with van der Waals surface area (Å²) < 4.78 is 19.7. The van der Waals surface area contributed by atoms with Crippen LogP contribution in [-0.2, 0) is 14.3 Å². The van der Waals surface area contributed by atoms with Gasteiger partial charge in [-0.25, -0.2) is 4.39 Å². The minimum absolute atomic E-state index is 0.246. The van der Waals surface area contributed by atoms with Gasteiger partial charge in [-0.05, 0) is 62.7 Å². The van der Waals surface area contributed by atoms with Crippen molar-refractivity contribution in [2.75, 3.05) is 0 Å². The highest BCUT2D eigenvalue weighted by Gasteiger charge is 2.58. The summed E-state index contributed by atoms with van der Waals surface area (Å²) in [6.07, 6.45) is -1.07. The van der Waals surface area contributed by atoms with Crippen molar-refractivity contribution in [2.45, 2.75) is 33.3 Å². The van der Waals surface area contributed by atoms with Crippen LogP contribution in [0.2, 0.25) is 0 Å². The zero-order chi connectivity index (χ0) is 20.7. The Morgan fingerprint density at radius 2 is 1.61 bits per heavy atom. The Morgan fingerprint density at radius 1 is 1.04 bits per heavy atom.